The van der Waals surface area contributed by atoms with Crippen molar-refractivity contribution in [2.45, 2.75) is 39.2 Å². The lowest BCUT2D eigenvalue weighted by Gasteiger charge is -2.29. The molecular weight excluding hydrogens is 352 g/mol. The normalized spacial score (nSPS) is 14.3. The number of piperidine rings is 1. The summed E-state index contributed by atoms with van der Waals surface area (Å²) in [6.07, 6.45) is 5.88. The highest BCUT2D eigenvalue weighted by atomic mass is 35.5. The summed E-state index contributed by atoms with van der Waals surface area (Å²) in [7, 11) is 0. The first-order valence-corrected chi connectivity index (χ1v) is 9.35. The Balaban J connectivity index is 1.69. The zero-order valence-corrected chi connectivity index (χ0v) is 15.6. The first-order chi connectivity index (χ1) is 12.6. The molecule has 0 unspecified atom stereocenters. The van der Waals surface area contributed by atoms with Crippen molar-refractivity contribution in [1.29, 1.82) is 0 Å². The van der Waals surface area contributed by atoms with E-state index in [-0.39, 0.29) is 17.5 Å². The van der Waals surface area contributed by atoms with Crippen molar-refractivity contribution >= 4 is 28.9 Å². The number of aromatic nitrogens is 2. The zero-order valence-electron chi connectivity index (χ0n) is 14.9. The van der Waals surface area contributed by atoms with E-state index in [2.05, 4.69) is 22.2 Å². The molecule has 0 bridgehead atoms. The van der Waals surface area contributed by atoms with Crippen LogP contribution in [0.1, 0.15) is 31.7 Å². The molecule has 0 atom stereocenters. The molecule has 7 heteroatoms. The van der Waals surface area contributed by atoms with Crippen molar-refractivity contribution in [2.75, 3.05) is 23.3 Å². The van der Waals surface area contributed by atoms with Gasteiger partial charge in [0.2, 0.25) is 5.91 Å². The van der Waals surface area contributed by atoms with Gasteiger partial charge in [-0.05, 0) is 43.4 Å². The van der Waals surface area contributed by atoms with E-state index >= 15 is 0 Å². The number of amides is 1. The van der Waals surface area contributed by atoms with Crippen molar-refractivity contribution in [2.24, 2.45) is 0 Å². The smallest absolute Gasteiger partial charge is 0.288 e. The molecule has 3 rings (SSSR count). The highest BCUT2D eigenvalue weighted by Gasteiger charge is 2.18. The SMILES string of the molecule is CCc1ccc(NC(=O)Cn2ncc(N3CCCCC3)c(Cl)c2=O)cc1. The van der Waals surface area contributed by atoms with Crippen LogP contribution in [-0.4, -0.2) is 28.8 Å². The molecule has 138 valence electrons. The highest BCUT2D eigenvalue weighted by molar-refractivity contribution is 6.33. The van der Waals surface area contributed by atoms with Gasteiger partial charge in [-0.3, -0.25) is 9.59 Å². The second-order valence-corrected chi connectivity index (χ2v) is 6.83. The molecule has 1 N–H and O–H groups in total. The first kappa shape index (κ1) is 18.5. The van der Waals surface area contributed by atoms with Gasteiger partial charge in [0.05, 0.1) is 11.9 Å². The summed E-state index contributed by atoms with van der Waals surface area (Å²) >= 11 is 6.26. The van der Waals surface area contributed by atoms with Crippen LogP contribution in [0.15, 0.2) is 35.3 Å². The Kier molecular flexibility index (Phi) is 5.93. The van der Waals surface area contributed by atoms with Gasteiger partial charge < -0.3 is 10.2 Å². The van der Waals surface area contributed by atoms with Crippen LogP contribution in [0.4, 0.5) is 11.4 Å². The molecule has 2 heterocycles. The molecule has 1 aliphatic heterocycles. The third-order valence-electron chi connectivity index (χ3n) is 4.60. The Morgan fingerprint density at radius 1 is 1.19 bits per heavy atom. The predicted molar refractivity (Wildman–Crippen MR) is 104 cm³/mol. The Hall–Kier alpha value is -2.34. The number of carbonyl (C=O) groups excluding carboxylic acids is 1. The van der Waals surface area contributed by atoms with E-state index in [1.807, 2.05) is 24.3 Å². The number of nitrogens with one attached hydrogen (secondary N) is 1. The van der Waals surface area contributed by atoms with Gasteiger partial charge in [0.25, 0.3) is 5.56 Å². The number of carbonyl (C=O) groups is 1. The molecule has 2 aromatic rings. The van der Waals surface area contributed by atoms with Crippen LogP contribution in [0.25, 0.3) is 0 Å². The molecule has 26 heavy (non-hydrogen) atoms. The lowest BCUT2D eigenvalue weighted by Crippen LogP contribution is -2.34. The summed E-state index contributed by atoms with van der Waals surface area (Å²) in [5.74, 6) is -0.314. The number of hydrogen-bond acceptors (Lipinski definition) is 4. The lowest BCUT2D eigenvalue weighted by atomic mass is 10.1. The number of halogens is 1. The van der Waals surface area contributed by atoms with E-state index in [4.69, 9.17) is 11.6 Å². The number of rotatable bonds is 5. The van der Waals surface area contributed by atoms with Gasteiger partial charge in [0.1, 0.15) is 11.6 Å². The second-order valence-electron chi connectivity index (χ2n) is 6.45. The third kappa shape index (κ3) is 4.25. The topological polar surface area (TPSA) is 67.2 Å². The quantitative estimate of drug-likeness (QED) is 0.873. The summed E-state index contributed by atoms with van der Waals surface area (Å²) in [4.78, 5) is 26.8. The number of hydrogen-bond donors (Lipinski definition) is 1. The molecule has 0 radical (unpaired) electrons. The van der Waals surface area contributed by atoms with Crippen LogP contribution in [-0.2, 0) is 17.8 Å². The summed E-state index contributed by atoms with van der Waals surface area (Å²) in [5, 5.41) is 7.04. The molecule has 1 amide bonds. The van der Waals surface area contributed by atoms with E-state index in [0.29, 0.717) is 11.4 Å². The first-order valence-electron chi connectivity index (χ1n) is 8.98. The minimum absolute atomic E-state index is 0.127. The minimum Gasteiger partial charge on any atom is -0.369 e. The maximum Gasteiger partial charge on any atom is 0.288 e. The molecule has 0 saturated carbocycles. The van der Waals surface area contributed by atoms with Crippen LogP contribution in [0.5, 0.6) is 0 Å². The van der Waals surface area contributed by atoms with Crippen molar-refractivity contribution < 1.29 is 4.79 Å². The van der Waals surface area contributed by atoms with Crippen LogP contribution in [0, 0.1) is 0 Å². The van der Waals surface area contributed by atoms with Crippen molar-refractivity contribution in [1.82, 2.24) is 9.78 Å². The van der Waals surface area contributed by atoms with Crippen LogP contribution < -0.4 is 15.8 Å². The largest absolute Gasteiger partial charge is 0.369 e. The maximum atomic E-state index is 12.5. The molecule has 1 saturated heterocycles. The third-order valence-corrected chi connectivity index (χ3v) is 4.96. The fourth-order valence-corrected chi connectivity index (χ4v) is 3.35. The number of anilines is 2. The average Bonchev–Trinajstić information content (AvgIpc) is 2.67. The van der Waals surface area contributed by atoms with E-state index in [1.54, 1.807) is 6.20 Å². The second kappa shape index (κ2) is 8.36. The molecule has 0 aliphatic carbocycles. The summed E-state index contributed by atoms with van der Waals surface area (Å²) < 4.78 is 1.10. The van der Waals surface area contributed by atoms with E-state index < -0.39 is 5.56 Å². The van der Waals surface area contributed by atoms with Gasteiger partial charge in [-0.15, -0.1) is 0 Å². The van der Waals surface area contributed by atoms with Crippen molar-refractivity contribution in [3.63, 3.8) is 0 Å². The van der Waals surface area contributed by atoms with Crippen molar-refractivity contribution in [3.8, 4) is 0 Å². The van der Waals surface area contributed by atoms with E-state index in [1.165, 1.54) is 12.0 Å². The monoisotopic (exact) mass is 374 g/mol. The summed E-state index contributed by atoms with van der Waals surface area (Å²) in [6, 6.07) is 7.62. The minimum atomic E-state index is -0.439. The Morgan fingerprint density at radius 3 is 2.54 bits per heavy atom. The fourth-order valence-electron chi connectivity index (χ4n) is 3.08. The molecule has 1 aromatic heterocycles. The molecule has 1 aromatic carbocycles. The Bertz CT molecular complexity index is 826. The number of benzene rings is 1. The van der Waals surface area contributed by atoms with Gasteiger partial charge in [0.15, 0.2) is 0 Å². The standard InChI is InChI=1S/C19H23ClN4O2/c1-2-14-6-8-15(9-7-14)22-17(25)13-24-19(26)18(20)16(12-21-24)23-10-4-3-5-11-23/h6-9,12H,2-5,10-11,13H2,1H3,(H,22,25). The van der Waals surface area contributed by atoms with Gasteiger partial charge in [-0.25, -0.2) is 4.68 Å². The molecule has 6 nitrogen and oxygen atoms in total. The Morgan fingerprint density at radius 2 is 1.88 bits per heavy atom. The zero-order chi connectivity index (χ0) is 18.5. The molecule has 1 aliphatic rings. The van der Waals surface area contributed by atoms with Gasteiger partial charge in [0, 0.05) is 18.8 Å². The lowest BCUT2D eigenvalue weighted by molar-refractivity contribution is -0.117. The van der Waals surface area contributed by atoms with E-state index in [0.717, 1.165) is 37.0 Å². The van der Waals surface area contributed by atoms with Crippen LogP contribution in [0.2, 0.25) is 5.02 Å². The Labute approximate surface area is 157 Å². The average molecular weight is 375 g/mol. The van der Waals surface area contributed by atoms with E-state index in [9.17, 15) is 9.59 Å². The predicted octanol–water partition coefficient (Wildman–Crippen LogP) is 3.09. The van der Waals surface area contributed by atoms with Gasteiger partial charge in [-0.1, -0.05) is 30.7 Å². The number of nitrogens with zero attached hydrogens (tertiary/aromatic N) is 3. The maximum absolute atomic E-state index is 12.5. The fraction of sp³-hybridized carbons (Fsp3) is 0.421. The highest BCUT2D eigenvalue weighted by Crippen LogP contribution is 2.24. The van der Waals surface area contributed by atoms with Crippen LogP contribution >= 0.6 is 11.6 Å². The number of aryl methyl sites for hydroxylation is 1. The summed E-state index contributed by atoms with van der Waals surface area (Å²) in [5.41, 5.74) is 2.10. The van der Waals surface area contributed by atoms with Gasteiger partial charge in [-0.2, -0.15) is 5.10 Å². The molecule has 1 fully saturated rings. The van der Waals surface area contributed by atoms with Gasteiger partial charge >= 0.3 is 0 Å². The molecule has 0 spiro atoms. The molecular formula is C19H23ClN4O2. The van der Waals surface area contributed by atoms with Crippen LogP contribution in [0.3, 0.4) is 0 Å². The van der Waals surface area contributed by atoms with Crippen molar-refractivity contribution in [3.05, 3.63) is 51.4 Å². The summed E-state index contributed by atoms with van der Waals surface area (Å²) in [6.45, 7) is 3.65.